The second-order valence-electron chi connectivity index (χ2n) is 9.48. The van der Waals surface area contributed by atoms with Gasteiger partial charge in [0.2, 0.25) is 5.91 Å². The lowest BCUT2D eigenvalue weighted by Gasteiger charge is -2.38. The van der Waals surface area contributed by atoms with Crippen molar-refractivity contribution in [2.45, 2.75) is 39.8 Å². The van der Waals surface area contributed by atoms with Gasteiger partial charge in [-0.05, 0) is 35.1 Å². The third-order valence-electron chi connectivity index (χ3n) is 6.14. The molecule has 2 amide bonds. The Hall–Kier alpha value is -2.86. The van der Waals surface area contributed by atoms with Gasteiger partial charge in [-0.2, -0.15) is 0 Å². The highest BCUT2D eigenvalue weighted by Crippen LogP contribution is 2.31. The summed E-state index contributed by atoms with van der Waals surface area (Å²) in [5, 5.41) is 3.21. The fourth-order valence-corrected chi connectivity index (χ4v) is 4.22. The van der Waals surface area contributed by atoms with Gasteiger partial charge >= 0.3 is 0 Å². The van der Waals surface area contributed by atoms with Crippen LogP contribution < -0.4 is 15.0 Å². The van der Waals surface area contributed by atoms with Gasteiger partial charge in [-0.1, -0.05) is 57.2 Å². The van der Waals surface area contributed by atoms with Crippen LogP contribution >= 0.6 is 0 Å². The number of hydrogen-bond acceptors (Lipinski definition) is 4. The Morgan fingerprint density at radius 3 is 2.58 bits per heavy atom. The highest BCUT2D eigenvalue weighted by molar-refractivity contribution is 6.02. The van der Waals surface area contributed by atoms with Crippen LogP contribution in [0.3, 0.4) is 0 Å². The number of carbonyl (C=O) groups excluding carboxylic acids is 2. The Bertz CT molecular complexity index is 966. The molecule has 0 aromatic heterocycles. The number of nitrogens with zero attached hydrogens (tertiary/aromatic N) is 2. The van der Waals surface area contributed by atoms with Crippen LogP contribution in [0, 0.1) is 5.41 Å². The zero-order valence-electron chi connectivity index (χ0n) is 18.6. The molecule has 0 saturated carbocycles. The first-order valence-corrected chi connectivity index (χ1v) is 10.9. The van der Waals surface area contributed by atoms with Crippen molar-refractivity contribution in [2.75, 3.05) is 31.1 Å². The minimum Gasteiger partial charge on any atom is -0.482 e. The van der Waals surface area contributed by atoms with Crippen LogP contribution in [0.2, 0.25) is 0 Å². The van der Waals surface area contributed by atoms with Gasteiger partial charge in [0, 0.05) is 25.7 Å². The van der Waals surface area contributed by atoms with Crippen molar-refractivity contribution in [1.82, 2.24) is 10.2 Å². The molecule has 0 saturated heterocycles. The monoisotopic (exact) mass is 421 g/mol. The van der Waals surface area contributed by atoms with E-state index in [1.807, 2.05) is 24.3 Å². The summed E-state index contributed by atoms with van der Waals surface area (Å²) in [6, 6.07) is 15.9. The molecule has 164 valence electrons. The van der Waals surface area contributed by atoms with E-state index in [1.54, 1.807) is 0 Å². The number of para-hydroxylation sites is 2. The predicted molar refractivity (Wildman–Crippen MR) is 121 cm³/mol. The fourth-order valence-electron chi connectivity index (χ4n) is 4.22. The molecule has 0 radical (unpaired) electrons. The van der Waals surface area contributed by atoms with E-state index in [1.165, 1.54) is 16.0 Å². The maximum atomic E-state index is 13.0. The molecular weight excluding hydrogens is 390 g/mol. The second-order valence-corrected chi connectivity index (χ2v) is 9.48. The fraction of sp³-hybridized carbons (Fsp3) is 0.440. The lowest BCUT2D eigenvalue weighted by atomic mass is 9.85. The van der Waals surface area contributed by atoms with Crippen LogP contribution in [0.15, 0.2) is 48.5 Å². The summed E-state index contributed by atoms with van der Waals surface area (Å²) in [5.74, 6) is 0.283. The number of hydrogen-bond donors (Lipinski definition) is 1. The minimum absolute atomic E-state index is 0.00534. The van der Waals surface area contributed by atoms with Crippen molar-refractivity contribution in [3.63, 3.8) is 0 Å². The molecule has 2 aromatic rings. The maximum absolute atomic E-state index is 13.0. The van der Waals surface area contributed by atoms with E-state index in [4.69, 9.17) is 4.74 Å². The van der Waals surface area contributed by atoms with Gasteiger partial charge in [0.15, 0.2) is 6.61 Å². The molecule has 6 heteroatoms. The number of ether oxygens (including phenoxy) is 1. The van der Waals surface area contributed by atoms with Crippen LogP contribution in [0.1, 0.15) is 31.9 Å². The Morgan fingerprint density at radius 1 is 1.10 bits per heavy atom. The first kappa shape index (κ1) is 21.4. The van der Waals surface area contributed by atoms with E-state index in [-0.39, 0.29) is 36.4 Å². The molecule has 1 atom stereocenters. The van der Waals surface area contributed by atoms with E-state index < -0.39 is 0 Å². The molecule has 2 heterocycles. The van der Waals surface area contributed by atoms with Gasteiger partial charge in [0.1, 0.15) is 12.3 Å². The number of nitrogens with one attached hydrogen (secondary N) is 1. The number of benzene rings is 2. The van der Waals surface area contributed by atoms with E-state index in [9.17, 15) is 9.59 Å². The van der Waals surface area contributed by atoms with Gasteiger partial charge in [-0.15, -0.1) is 0 Å². The average Bonchev–Trinajstić information content (AvgIpc) is 2.74. The lowest BCUT2D eigenvalue weighted by molar-refractivity contribution is -0.126. The number of rotatable bonds is 5. The Kier molecular flexibility index (Phi) is 6.01. The summed E-state index contributed by atoms with van der Waals surface area (Å²) in [7, 11) is 0. The molecular formula is C25H31N3O3. The normalized spacial score (nSPS) is 17.4. The molecule has 2 aliphatic rings. The summed E-state index contributed by atoms with van der Waals surface area (Å²) < 4.78 is 5.48. The first-order chi connectivity index (χ1) is 14.8. The van der Waals surface area contributed by atoms with Crippen molar-refractivity contribution >= 4 is 17.5 Å². The molecule has 31 heavy (non-hydrogen) atoms. The molecule has 2 aliphatic heterocycles. The van der Waals surface area contributed by atoms with Gasteiger partial charge in [0.05, 0.1) is 5.69 Å². The number of anilines is 1. The Morgan fingerprint density at radius 2 is 1.81 bits per heavy atom. The third kappa shape index (κ3) is 4.90. The molecule has 1 N–H and O–H groups in total. The van der Waals surface area contributed by atoms with Crippen molar-refractivity contribution < 1.29 is 14.3 Å². The van der Waals surface area contributed by atoms with Gasteiger partial charge in [-0.25, -0.2) is 0 Å². The van der Waals surface area contributed by atoms with Crippen LogP contribution in [0.5, 0.6) is 5.75 Å². The molecule has 0 fully saturated rings. The summed E-state index contributed by atoms with van der Waals surface area (Å²) in [5.41, 5.74) is 3.32. The summed E-state index contributed by atoms with van der Waals surface area (Å²) in [4.78, 5) is 29.4. The van der Waals surface area contributed by atoms with Crippen molar-refractivity contribution in [3.05, 3.63) is 59.7 Å². The zero-order valence-corrected chi connectivity index (χ0v) is 18.6. The predicted octanol–water partition coefficient (Wildman–Crippen LogP) is 3.00. The molecule has 0 spiro atoms. The quantitative estimate of drug-likeness (QED) is 0.806. The van der Waals surface area contributed by atoms with Gasteiger partial charge in [0.25, 0.3) is 5.91 Å². The molecule has 4 rings (SSSR count). The topological polar surface area (TPSA) is 61.9 Å². The van der Waals surface area contributed by atoms with Crippen molar-refractivity contribution in [1.29, 1.82) is 0 Å². The number of amides is 2. The minimum atomic E-state index is -0.200. The SMILES string of the molecule is CC(C)(C)C(CN1CCc2ccccc2C1)NC(=O)CN1C(=O)COc2ccccc21. The van der Waals surface area contributed by atoms with E-state index >= 15 is 0 Å². The first-order valence-electron chi connectivity index (χ1n) is 10.9. The average molecular weight is 422 g/mol. The Labute approximate surface area is 184 Å². The summed E-state index contributed by atoms with van der Waals surface area (Å²) in [6.45, 7) is 9.04. The smallest absolute Gasteiger partial charge is 0.265 e. The van der Waals surface area contributed by atoms with Crippen LogP contribution in [-0.2, 0) is 22.6 Å². The lowest BCUT2D eigenvalue weighted by Crippen LogP contribution is -2.54. The van der Waals surface area contributed by atoms with Crippen LogP contribution in [0.4, 0.5) is 5.69 Å². The van der Waals surface area contributed by atoms with Gasteiger partial charge < -0.3 is 10.1 Å². The van der Waals surface area contributed by atoms with E-state index in [2.05, 4.69) is 55.3 Å². The largest absolute Gasteiger partial charge is 0.482 e. The molecule has 2 aromatic carbocycles. The summed E-state index contributed by atoms with van der Waals surface area (Å²) >= 11 is 0. The summed E-state index contributed by atoms with van der Waals surface area (Å²) in [6.07, 6.45) is 1.03. The van der Waals surface area contributed by atoms with Gasteiger partial charge in [-0.3, -0.25) is 19.4 Å². The zero-order chi connectivity index (χ0) is 22.0. The highest BCUT2D eigenvalue weighted by atomic mass is 16.5. The van der Waals surface area contributed by atoms with Crippen molar-refractivity contribution in [3.8, 4) is 5.75 Å². The van der Waals surface area contributed by atoms with Crippen LogP contribution in [0.25, 0.3) is 0 Å². The standard InChI is InChI=1S/C25H31N3O3/c1-25(2,3)22(15-27-13-12-18-8-4-5-9-19(18)14-27)26-23(29)16-28-20-10-6-7-11-21(20)31-17-24(28)30/h4-11,22H,12-17H2,1-3H3,(H,26,29). The molecule has 0 aliphatic carbocycles. The molecule has 0 bridgehead atoms. The van der Waals surface area contributed by atoms with Crippen LogP contribution in [-0.4, -0.2) is 49.0 Å². The third-order valence-corrected chi connectivity index (χ3v) is 6.14. The van der Waals surface area contributed by atoms with E-state index in [0.717, 1.165) is 26.1 Å². The molecule has 6 nitrogen and oxygen atoms in total. The number of carbonyl (C=O) groups is 2. The maximum Gasteiger partial charge on any atom is 0.265 e. The van der Waals surface area contributed by atoms with E-state index in [0.29, 0.717) is 11.4 Å². The molecule has 1 unspecified atom stereocenters. The second kappa shape index (κ2) is 8.71. The Balaban J connectivity index is 1.43. The highest BCUT2D eigenvalue weighted by Gasteiger charge is 2.32. The van der Waals surface area contributed by atoms with Crippen molar-refractivity contribution in [2.24, 2.45) is 5.41 Å². The number of fused-ring (bicyclic) bond motifs is 2.